The van der Waals surface area contributed by atoms with Crippen molar-refractivity contribution in [3.63, 3.8) is 0 Å². The third-order valence-electron chi connectivity index (χ3n) is 5.01. The van der Waals surface area contributed by atoms with Crippen molar-refractivity contribution in [1.82, 2.24) is 10.2 Å². The van der Waals surface area contributed by atoms with Crippen molar-refractivity contribution < 1.29 is 9.21 Å². The maximum Gasteiger partial charge on any atom is 0.247 e. The van der Waals surface area contributed by atoms with Crippen LogP contribution in [0.5, 0.6) is 0 Å². The number of amides is 1. The van der Waals surface area contributed by atoms with Gasteiger partial charge in [-0.05, 0) is 61.6 Å². The number of aromatic nitrogens is 2. The van der Waals surface area contributed by atoms with Gasteiger partial charge in [-0.3, -0.25) is 4.79 Å². The molecule has 3 aromatic rings. The number of hydrogen-bond acceptors (Lipinski definition) is 4. The molecule has 5 nitrogen and oxygen atoms in total. The van der Waals surface area contributed by atoms with E-state index in [1.54, 1.807) is 0 Å². The van der Waals surface area contributed by atoms with Gasteiger partial charge < -0.3 is 9.32 Å². The Hall–Kier alpha value is -2.47. The van der Waals surface area contributed by atoms with Crippen molar-refractivity contribution in [1.29, 1.82) is 0 Å². The van der Waals surface area contributed by atoms with Crippen LogP contribution in [0, 0.1) is 6.92 Å². The van der Waals surface area contributed by atoms with Gasteiger partial charge in [0.25, 0.3) is 0 Å². The summed E-state index contributed by atoms with van der Waals surface area (Å²) in [6.07, 6.45) is 3.78. The summed E-state index contributed by atoms with van der Waals surface area (Å²) in [4.78, 5) is 14.8. The van der Waals surface area contributed by atoms with Gasteiger partial charge in [0.2, 0.25) is 17.7 Å². The fourth-order valence-corrected chi connectivity index (χ4v) is 4.37. The van der Waals surface area contributed by atoms with E-state index in [0.717, 1.165) is 40.7 Å². The summed E-state index contributed by atoms with van der Waals surface area (Å²) >= 11 is 3.56. The number of hydrogen-bond donors (Lipinski definition) is 0. The number of fused-ring (bicyclic) bond motifs is 1. The lowest BCUT2D eigenvalue weighted by atomic mass is 9.97. The molecule has 28 heavy (non-hydrogen) atoms. The molecular formula is C22H22BrN3O2. The van der Waals surface area contributed by atoms with Gasteiger partial charge in [-0.1, -0.05) is 34.1 Å². The Morgan fingerprint density at radius 1 is 1.21 bits per heavy atom. The van der Waals surface area contributed by atoms with E-state index < -0.39 is 0 Å². The summed E-state index contributed by atoms with van der Waals surface area (Å²) in [7, 11) is 0. The molecule has 0 aliphatic carbocycles. The fraction of sp³-hybridized carbons (Fsp3) is 0.318. The van der Waals surface area contributed by atoms with Crippen LogP contribution in [0.4, 0.5) is 5.69 Å². The van der Waals surface area contributed by atoms with Crippen molar-refractivity contribution in [3.05, 3.63) is 64.0 Å². The molecule has 2 aromatic carbocycles. The van der Waals surface area contributed by atoms with E-state index in [-0.39, 0.29) is 5.91 Å². The van der Waals surface area contributed by atoms with Gasteiger partial charge in [0.1, 0.15) is 0 Å². The molecule has 1 aromatic heterocycles. The molecule has 0 bridgehead atoms. The molecule has 4 rings (SSSR count). The molecule has 144 valence electrons. The zero-order valence-corrected chi connectivity index (χ0v) is 17.4. The number of benzene rings is 2. The van der Waals surface area contributed by atoms with Crippen LogP contribution >= 0.6 is 15.9 Å². The summed E-state index contributed by atoms with van der Waals surface area (Å²) < 4.78 is 6.81. The molecule has 1 amide bonds. The van der Waals surface area contributed by atoms with Crippen LogP contribution in [0.1, 0.15) is 36.3 Å². The minimum absolute atomic E-state index is 0.161. The molecule has 0 atom stereocenters. The molecule has 0 radical (unpaired) electrons. The van der Waals surface area contributed by atoms with Crippen LogP contribution in [0.3, 0.4) is 0 Å². The minimum atomic E-state index is 0.161. The average molecular weight is 440 g/mol. The number of carbonyl (C=O) groups excluding carboxylic acids is 1. The molecule has 0 spiro atoms. The first-order valence-corrected chi connectivity index (χ1v) is 10.4. The predicted octanol–water partition coefficient (Wildman–Crippen LogP) is 5.11. The number of anilines is 1. The van der Waals surface area contributed by atoms with Crippen molar-refractivity contribution in [3.8, 4) is 11.5 Å². The maximum atomic E-state index is 12.9. The number of nitrogens with zero attached hydrogens (tertiary/aromatic N) is 3. The zero-order valence-electron chi connectivity index (χ0n) is 15.8. The van der Waals surface area contributed by atoms with Gasteiger partial charge >= 0.3 is 0 Å². The largest absolute Gasteiger partial charge is 0.421 e. The smallest absolute Gasteiger partial charge is 0.247 e. The number of rotatable bonds is 5. The number of aryl methyl sites for hydroxylation is 3. The van der Waals surface area contributed by atoms with Crippen LogP contribution in [0.2, 0.25) is 0 Å². The van der Waals surface area contributed by atoms with E-state index in [2.05, 4.69) is 45.2 Å². The number of halogens is 1. The van der Waals surface area contributed by atoms with Crippen LogP contribution in [0.15, 0.2) is 51.4 Å². The highest BCUT2D eigenvalue weighted by atomic mass is 79.9. The standard InChI is InChI=1S/C22H22BrN3O2/c1-15-13-18(23)14-17-9-6-12-26(21(15)17)20(27)11-5-10-19-24-25-22(28-19)16-7-3-2-4-8-16/h2-4,7-8,13-14H,5-6,9-12H2,1H3. The first-order valence-electron chi connectivity index (χ1n) is 9.59. The Morgan fingerprint density at radius 2 is 2.04 bits per heavy atom. The second-order valence-corrected chi connectivity index (χ2v) is 8.02. The Morgan fingerprint density at radius 3 is 2.86 bits per heavy atom. The van der Waals surface area contributed by atoms with Gasteiger partial charge in [0.05, 0.1) is 0 Å². The van der Waals surface area contributed by atoms with Gasteiger partial charge in [0.15, 0.2) is 0 Å². The van der Waals surface area contributed by atoms with Crippen LogP contribution in [0.25, 0.3) is 11.5 Å². The Kier molecular flexibility index (Phi) is 5.57. The zero-order chi connectivity index (χ0) is 19.5. The highest BCUT2D eigenvalue weighted by Crippen LogP contribution is 2.34. The first-order chi connectivity index (χ1) is 13.6. The molecule has 0 N–H and O–H groups in total. The molecule has 0 saturated carbocycles. The quantitative estimate of drug-likeness (QED) is 0.553. The fourth-order valence-electron chi connectivity index (χ4n) is 3.75. The summed E-state index contributed by atoms with van der Waals surface area (Å²) in [5.41, 5.74) is 4.38. The van der Waals surface area contributed by atoms with E-state index in [9.17, 15) is 4.79 Å². The highest BCUT2D eigenvalue weighted by Gasteiger charge is 2.24. The number of carbonyl (C=O) groups is 1. The molecule has 0 saturated heterocycles. The predicted molar refractivity (Wildman–Crippen MR) is 112 cm³/mol. The van der Waals surface area contributed by atoms with Gasteiger partial charge in [-0.25, -0.2) is 0 Å². The lowest BCUT2D eigenvalue weighted by molar-refractivity contribution is -0.118. The molecular weight excluding hydrogens is 418 g/mol. The normalized spacial score (nSPS) is 13.4. The Labute approximate surface area is 172 Å². The SMILES string of the molecule is Cc1cc(Br)cc2c1N(C(=O)CCCc1nnc(-c3ccccc3)o1)CCC2. The molecule has 0 unspecified atom stereocenters. The molecule has 0 fully saturated rings. The first kappa shape index (κ1) is 18.9. The average Bonchev–Trinajstić information content (AvgIpc) is 3.17. The van der Waals surface area contributed by atoms with E-state index in [1.807, 2.05) is 35.2 Å². The Bertz CT molecular complexity index is 985. The van der Waals surface area contributed by atoms with Crippen molar-refractivity contribution in [2.75, 3.05) is 11.4 Å². The molecule has 2 heterocycles. The van der Waals surface area contributed by atoms with Crippen molar-refractivity contribution in [2.45, 2.75) is 39.0 Å². The van der Waals surface area contributed by atoms with E-state index in [4.69, 9.17) is 4.42 Å². The summed E-state index contributed by atoms with van der Waals surface area (Å²) in [5, 5.41) is 8.22. The van der Waals surface area contributed by atoms with Crippen molar-refractivity contribution >= 4 is 27.5 Å². The Balaban J connectivity index is 1.38. The molecule has 6 heteroatoms. The highest BCUT2D eigenvalue weighted by molar-refractivity contribution is 9.10. The van der Waals surface area contributed by atoms with E-state index in [0.29, 0.717) is 31.0 Å². The molecule has 1 aliphatic rings. The second-order valence-electron chi connectivity index (χ2n) is 7.10. The van der Waals surface area contributed by atoms with Gasteiger partial charge in [-0.2, -0.15) is 0 Å². The third-order valence-corrected chi connectivity index (χ3v) is 5.47. The lowest BCUT2D eigenvalue weighted by Gasteiger charge is -2.31. The summed E-state index contributed by atoms with van der Waals surface area (Å²) in [5.74, 6) is 1.26. The monoisotopic (exact) mass is 439 g/mol. The van der Waals surface area contributed by atoms with E-state index in [1.165, 1.54) is 5.56 Å². The van der Waals surface area contributed by atoms with E-state index >= 15 is 0 Å². The summed E-state index contributed by atoms with van der Waals surface area (Å²) in [6.45, 7) is 2.85. The lowest BCUT2D eigenvalue weighted by Crippen LogP contribution is -2.36. The van der Waals surface area contributed by atoms with Gasteiger partial charge in [-0.15, -0.1) is 10.2 Å². The topological polar surface area (TPSA) is 59.2 Å². The van der Waals surface area contributed by atoms with Crippen molar-refractivity contribution in [2.24, 2.45) is 0 Å². The maximum absolute atomic E-state index is 12.9. The van der Waals surface area contributed by atoms with Crippen LogP contribution in [-0.2, 0) is 17.6 Å². The minimum Gasteiger partial charge on any atom is -0.421 e. The molecule has 1 aliphatic heterocycles. The second kappa shape index (κ2) is 8.27. The third kappa shape index (κ3) is 4.02. The van der Waals surface area contributed by atoms with Gasteiger partial charge in [0, 0.05) is 35.1 Å². The summed E-state index contributed by atoms with van der Waals surface area (Å²) in [6, 6.07) is 13.9. The van der Waals surface area contributed by atoms with Crippen LogP contribution in [-0.4, -0.2) is 22.6 Å². The van der Waals surface area contributed by atoms with Crippen LogP contribution < -0.4 is 4.90 Å².